The first-order chi connectivity index (χ1) is 14.2. The Morgan fingerprint density at radius 3 is 2.40 bits per heavy atom. The van der Waals surface area contributed by atoms with Crippen molar-refractivity contribution in [2.75, 3.05) is 24.3 Å². The Bertz CT molecular complexity index is 1160. The van der Waals surface area contributed by atoms with Crippen molar-refractivity contribution in [3.05, 3.63) is 46.7 Å². The molecule has 158 valence electrons. The monoisotopic (exact) mass is 496 g/mol. The van der Waals surface area contributed by atoms with E-state index in [-0.39, 0.29) is 28.3 Å². The lowest BCUT2D eigenvalue weighted by atomic mass is 10.3. The van der Waals surface area contributed by atoms with Crippen molar-refractivity contribution < 1.29 is 22.7 Å². The standard InChI is InChI=1S/C17H17BrN6O5S/c1-24-9-12(18)15(22-24)16(25)19-10-4-6-11(7-5-10)30(26,27)23-13-8-14(28-2)21-17(20-13)29-3/h4-9H,1-3H3,(H,19,25)(H,20,21,23). The Morgan fingerprint density at radius 2 is 1.83 bits per heavy atom. The number of nitrogens with one attached hydrogen (secondary N) is 2. The molecule has 0 fully saturated rings. The van der Waals surface area contributed by atoms with Crippen molar-refractivity contribution in [3.63, 3.8) is 0 Å². The maximum atomic E-state index is 12.6. The molecule has 0 bridgehead atoms. The summed E-state index contributed by atoms with van der Waals surface area (Å²) in [6.45, 7) is 0. The first kappa shape index (κ1) is 21.5. The zero-order valence-corrected chi connectivity index (χ0v) is 18.5. The van der Waals surface area contributed by atoms with Gasteiger partial charge in [-0.25, -0.2) is 8.42 Å². The van der Waals surface area contributed by atoms with E-state index < -0.39 is 15.9 Å². The van der Waals surface area contributed by atoms with Gasteiger partial charge in [-0.05, 0) is 40.2 Å². The van der Waals surface area contributed by atoms with Gasteiger partial charge in [-0.1, -0.05) is 0 Å². The van der Waals surface area contributed by atoms with Crippen LogP contribution in [0.25, 0.3) is 0 Å². The van der Waals surface area contributed by atoms with Gasteiger partial charge in [0.25, 0.3) is 15.9 Å². The number of halogens is 1. The number of aryl methyl sites for hydroxylation is 1. The van der Waals surface area contributed by atoms with Gasteiger partial charge in [0.2, 0.25) is 5.88 Å². The minimum absolute atomic E-state index is 0.0175. The van der Waals surface area contributed by atoms with E-state index in [1.54, 1.807) is 13.2 Å². The zero-order valence-electron chi connectivity index (χ0n) is 16.1. The molecule has 0 unspecified atom stereocenters. The number of aromatic nitrogens is 4. The maximum absolute atomic E-state index is 12.6. The number of benzene rings is 1. The van der Waals surface area contributed by atoms with Crippen LogP contribution < -0.4 is 19.5 Å². The largest absolute Gasteiger partial charge is 0.481 e. The van der Waals surface area contributed by atoms with E-state index in [4.69, 9.17) is 9.47 Å². The second kappa shape index (κ2) is 8.67. The quantitative estimate of drug-likeness (QED) is 0.506. The fraction of sp³-hybridized carbons (Fsp3) is 0.176. The number of methoxy groups -OCH3 is 2. The van der Waals surface area contributed by atoms with E-state index >= 15 is 0 Å². The summed E-state index contributed by atoms with van der Waals surface area (Å²) < 4.78 is 39.6. The summed E-state index contributed by atoms with van der Waals surface area (Å²) in [5.74, 6) is -0.314. The molecule has 1 amide bonds. The molecule has 1 aromatic carbocycles. The lowest BCUT2D eigenvalue weighted by Crippen LogP contribution is -2.16. The first-order valence-corrected chi connectivity index (χ1v) is 10.6. The average molecular weight is 497 g/mol. The molecule has 0 aliphatic heterocycles. The minimum atomic E-state index is -3.95. The highest BCUT2D eigenvalue weighted by Crippen LogP contribution is 2.22. The van der Waals surface area contributed by atoms with Crippen molar-refractivity contribution >= 4 is 43.4 Å². The van der Waals surface area contributed by atoms with Gasteiger partial charge in [-0.15, -0.1) is 0 Å². The van der Waals surface area contributed by atoms with Crippen molar-refractivity contribution in [1.82, 2.24) is 19.7 Å². The molecule has 3 aromatic rings. The number of ether oxygens (including phenoxy) is 2. The second-order valence-corrected chi connectivity index (χ2v) is 8.40. The third kappa shape index (κ3) is 4.86. The maximum Gasteiger partial charge on any atom is 0.321 e. The van der Waals surface area contributed by atoms with Crippen LogP contribution in [0.5, 0.6) is 11.9 Å². The molecule has 0 radical (unpaired) electrons. The number of sulfonamides is 1. The molecule has 2 heterocycles. The average Bonchev–Trinajstić information content (AvgIpc) is 3.05. The van der Waals surface area contributed by atoms with Gasteiger partial charge in [0, 0.05) is 25.0 Å². The molecular weight excluding hydrogens is 480 g/mol. The van der Waals surface area contributed by atoms with Gasteiger partial charge in [0.1, 0.15) is 0 Å². The number of carbonyl (C=O) groups is 1. The summed E-state index contributed by atoms with van der Waals surface area (Å²) in [6, 6.07) is 6.89. The number of hydrogen-bond acceptors (Lipinski definition) is 8. The minimum Gasteiger partial charge on any atom is -0.481 e. The number of amides is 1. The van der Waals surface area contributed by atoms with Crippen LogP contribution in [-0.2, 0) is 17.1 Å². The number of anilines is 2. The highest BCUT2D eigenvalue weighted by atomic mass is 79.9. The van der Waals surface area contributed by atoms with Crippen molar-refractivity contribution in [2.45, 2.75) is 4.90 Å². The fourth-order valence-electron chi connectivity index (χ4n) is 2.37. The molecule has 0 saturated carbocycles. The lowest BCUT2D eigenvalue weighted by molar-refractivity contribution is 0.102. The molecule has 0 saturated heterocycles. The van der Waals surface area contributed by atoms with Crippen LogP contribution in [0.15, 0.2) is 45.9 Å². The van der Waals surface area contributed by atoms with Gasteiger partial charge in [-0.2, -0.15) is 15.1 Å². The number of carbonyl (C=O) groups excluding carboxylic acids is 1. The molecule has 11 nitrogen and oxygen atoms in total. The molecule has 0 aliphatic carbocycles. The molecular formula is C17H17BrN6O5S. The van der Waals surface area contributed by atoms with Gasteiger partial charge in [-0.3, -0.25) is 14.2 Å². The summed E-state index contributed by atoms with van der Waals surface area (Å²) in [5, 5.41) is 6.71. The molecule has 30 heavy (non-hydrogen) atoms. The SMILES string of the molecule is COc1cc(NS(=O)(=O)c2ccc(NC(=O)c3nn(C)cc3Br)cc2)nc(OC)n1. The number of hydrogen-bond donors (Lipinski definition) is 2. The summed E-state index contributed by atoms with van der Waals surface area (Å²) in [4.78, 5) is 20.1. The Morgan fingerprint density at radius 1 is 1.13 bits per heavy atom. The van der Waals surface area contributed by atoms with Crippen LogP contribution in [0.3, 0.4) is 0 Å². The van der Waals surface area contributed by atoms with E-state index in [2.05, 4.69) is 41.0 Å². The first-order valence-electron chi connectivity index (χ1n) is 8.32. The van der Waals surface area contributed by atoms with E-state index in [1.165, 1.54) is 49.2 Å². The van der Waals surface area contributed by atoms with Crippen LogP contribution in [0.1, 0.15) is 10.5 Å². The predicted molar refractivity (Wildman–Crippen MR) is 111 cm³/mol. The fourth-order valence-corrected chi connectivity index (χ4v) is 3.92. The van der Waals surface area contributed by atoms with E-state index in [0.717, 1.165) is 0 Å². The smallest absolute Gasteiger partial charge is 0.321 e. The molecule has 2 aromatic heterocycles. The van der Waals surface area contributed by atoms with E-state index in [1.807, 2.05) is 0 Å². The van der Waals surface area contributed by atoms with E-state index in [0.29, 0.717) is 10.2 Å². The summed E-state index contributed by atoms with van der Waals surface area (Å²) in [5.41, 5.74) is 0.615. The van der Waals surface area contributed by atoms with Crippen LogP contribution in [0, 0.1) is 0 Å². The van der Waals surface area contributed by atoms with Crippen LogP contribution >= 0.6 is 15.9 Å². The Kier molecular flexibility index (Phi) is 6.22. The molecule has 13 heteroatoms. The topological polar surface area (TPSA) is 137 Å². The van der Waals surface area contributed by atoms with Crippen LogP contribution in [-0.4, -0.2) is 48.3 Å². The molecule has 3 rings (SSSR count). The predicted octanol–water partition coefficient (Wildman–Crippen LogP) is 2.04. The Labute approximate surface area is 180 Å². The normalized spacial score (nSPS) is 11.1. The number of nitrogens with zero attached hydrogens (tertiary/aromatic N) is 4. The van der Waals surface area contributed by atoms with Crippen molar-refractivity contribution in [1.29, 1.82) is 0 Å². The molecule has 0 spiro atoms. The summed E-state index contributed by atoms with van der Waals surface area (Å²) in [6.07, 6.45) is 1.65. The zero-order chi connectivity index (χ0) is 21.9. The van der Waals surface area contributed by atoms with E-state index in [9.17, 15) is 13.2 Å². The van der Waals surface area contributed by atoms with Gasteiger partial charge in [0.05, 0.1) is 23.6 Å². The third-order valence-corrected chi connectivity index (χ3v) is 5.69. The third-order valence-electron chi connectivity index (χ3n) is 3.73. The van der Waals surface area contributed by atoms with Gasteiger partial charge >= 0.3 is 6.01 Å². The van der Waals surface area contributed by atoms with Gasteiger partial charge in [0.15, 0.2) is 11.5 Å². The molecule has 0 atom stereocenters. The summed E-state index contributed by atoms with van der Waals surface area (Å²) in [7, 11) is 0.476. The highest BCUT2D eigenvalue weighted by molar-refractivity contribution is 9.10. The van der Waals surface area contributed by atoms with Gasteiger partial charge < -0.3 is 14.8 Å². The Balaban J connectivity index is 1.76. The van der Waals surface area contributed by atoms with Crippen LogP contribution in [0.2, 0.25) is 0 Å². The Hall–Kier alpha value is -3.19. The number of rotatable bonds is 7. The van der Waals surface area contributed by atoms with Crippen molar-refractivity contribution in [3.8, 4) is 11.9 Å². The van der Waals surface area contributed by atoms with Crippen molar-refractivity contribution in [2.24, 2.45) is 7.05 Å². The molecule has 0 aliphatic rings. The lowest BCUT2D eigenvalue weighted by Gasteiger charge is -2.10. The second-order valence-electron chi connectivity index (χ2n) is 5.87. The molecule has 2 N–H and O–H groups in total. The summed E-state index contributed by atoms with van der Waals surface area (Å²) >= 11 is 3.26. The highest BCUT2D eigenvalue weighted by Gasteiger charge is 2.18. The van der Waals surface area contributed by atoms with Crippen LogP contribution in [0.4, 0.5) is 11.5 Å².